The fraction of sp³-hybridized carbons (Fsp3) is 0.500. The van der Waals surface area contributed by atoms with Crippen molar-refractivity contribution in [1.29, 1.82) is 0 Å². The number of ether oxygens (including phenoxy) is 1. The average Bonchev–Trinajstić information content (AvgIpc) is 2.41. The number of hydrogen-bond donors (Lipinski definition) is 3. The quantitative estimate of drug-likeness (QED) is 0.745. The summed E-state index contributed by atoms with van der Waals surface area (Å²) in [5, 5.41) is 21.2. The molecule has 1 aromatic rings. The van der Waals surface area contributed by atoms with Crippen molar-refractivity contribution >= 4 is 12.1 Å². The van der Waals surface area contributed by atoms with E-state index in [0.29, 0.717) is 0 Å². The van der Waals surface area contributed by atoms with Gasteiger partial charge in [0, 0.05) is 0 Å². The number of carboxylic acids is 1. The molecular weight excluding hydrogens is 286 g/mol. The molecule has 1 rings (SSSR count). The van der Waals surface area contributed by atoms with Gasteiger partial charge in [-0.05, 0) is 32.8 Å². The Morgan fingerprint density at radius 1 is 1.23 bits per heavy atom. The lowest BCUT2D eigenvalue weighted by molar-refractivity contribution is -0.143. The van der Waals surface area contributed by atoms with Crippen LogP contribution < -0.4 is 5.32 Å². The summed E-state index contributed by atoms with van der Waals surface area (Å²) in [6.45, 7) is 4.64. The zero-order chi connectivity index (χ0) is 16.8. The smallest absolute Gasteiger partial charge is 0.407 e. The number of carbonyl (C=O) groups is 2. The van der Waals surface area contributed by atoms with Crippen molar-refractivity contribution in [2.24, 2.45) is 5.92 Å². The van der Waals surface area contributed by atoms with Gasteiger partial charge in [0.15, 0.2) is 0 Å². The number of alkyl carbamates (subject to hydrolysis) is 1. The van der Waals surface area contributed by atoms with Gasteiger partial charge in [-0.1, -0.05) is 30.3 Å². The fourth-order valence-corrected chi connectivity index (χ4v) is 2.00. The van der Waals surface area contributed by atoms with E-state index in [4.69, 9.17) is 4.74 Å². The summed E-state index contributed by atoms with van der Waals surface area (Å²) in [6.07, 6.45) is -0.539. The summed E-state index contributed by atoms with van der Waals surface area (Å²) in [5.74, 6) is -2.03. The number of amides is 1. The molecule has 6 nitrogen and oxygen atoms in total. The van der Waals surface area contributed by atoms with Crippen LogP contribution in [0.2, 0.25) is 0 Å². The minimum atomic E-state index is -1.08. The molecule has 122 valence electrons. The van der Waals surface area contributed by atoms with Gasteiger partial charge in [0.05, 0.1) is 18.6 Å². The molecule has 0 aliphatic heterocycles. The molecule has 0 spiro atoms. The Balaban J connectivity index is 2.78. The fourth-order valence-electron chi connectivity index (χ4n) is 2.00. The van der Waals surface area contributed by atoms with Crippen LogP contribution in [0.15, 0.2) is 30.3 Å². The zero-order valence-corrected chi connectivity index (χ0v) is 13.1. The summed E-state index contributed by atoms with van der Waals surface area (Å²) >= 11 is 0. The molecule has 1 amide bonds. The van der Waals surface area contributed by atoms with E-state index in [1.807, 2.05) is 18.2 Å². The molecule has 1 aromatic carbocycles. The first-order valence-corrected chi connectivity index (χ1v) is 7.10. The zero-order valence-electron chi connectivity index (χ0n) is 13.1. The van der Waals surface area contributed by atoms with Gasteiger partial charge in [0.25, 0.3) is 0 Å². The number of carboxylic acid groups (broad SMARTS) is 1. The summed E-state index contributed by atoms with van der Waals surface area (Å²) in [7, 11) is 0. The van der Waals surface area contributed by atoms with Gasteiger partial charge in [-0.25, -0.2) is 4.79 Å². The van der Waals surface area contributed by atoms with Crippen molar-refractivity contribution in [2.75, 3.05) is 6.61 Å². The maximum Gasteiger partial charge on any atom is 0.407 e. The van der Waals surface area contributed by atoms with Crippen LogP contribution in [-0.2, 0) is 16.0 Å². The van der Waals surface area contributed by atoms with Crippen LogP contribution in [0.4, 0.5) is 4.79 Å². The van der Waals surface area contributed by atoms with E-state index < -0.39 is 36.2 Å². The van der Waals surface area contributed by atoms with Crippen molar-refractivity contribution < 1.29 is 24.5 Å². The van der Waals surface area contributed by atoms with Crippen LogP contribution in [0.1, 0.15) is 26.3 Å². The Hall–Kier alpha value is -2.08. The Kier molecular flexibility index (Phi) is 6.37. The third kappa shape index (κ3) is 6.13. The normalized spacial score (nSPS) is 14.0. The molecule has 0 heterocycles. The van der Waals surface area contributed by atoms with Gasteiger partial charge in [-0.3, -0.25) is 4.79 Å². The molecule has 3 N–H and O–H groups in total. The van der Waals surface area contributed by atoms with E-state index in [1.54, 1.807) is 32.9 Å². The van der Waals surface area contributed by atoms with Crippen LogP contribution >= 0.6 is 0 Å². The highest BCUT2D eigenvalue weighted by Crippen LogP contribution is 2.14. The van der Waals surface area contributed by atoms with Crippen LogP contribution in [0.5, 0.6) is 0 Å². The van der Waals surface area contributed by atoms with Gasteiger partial charge < -0.3 is 20.3 Å². The maximum atomic E-state index is 11.8. The van der Waals surface area contributed by atoms with E-state index in [9.17, 15) is 19.8 Å². The molecule has 0 saturated heterocycles. The van der Waals surface area contributed by atoms with Crippen molar-refractivity contribution in [3.8, 4) is 0 Å². The van der Waals surface area contributed by atoms with Crippen LogP contribution in [0.3, 0.4) is 0 Å². The van der Waals surface area contributed by atoms with Crippen molar-refractivity contribution in [2.45, 2.75) is 38.8 Å². The monoisotopic (exact) mass is 309 g/mol. The molecule has 0 bridgehead atoms. The number of aliphatic hydroxyl groups excluding tert-OH is 1. The average molecular weight is 309 g/mol. The molecule has 0 aliphatic carbocycles. The summed E-state index contributed by atoms with van der Waals surface area (Å²) in [6, 6.07) is 8.14. The molecule has 0 fully saturated rings. The lowest BCUT2D eigenvalue weighted by Gasteiger charge is -2.26. The summed E-state index contributed by atoms with van der Waals surface area (Å²) in [4.78, 5) is 23.2. The summed E-state index contributed by atoms with van der Waals surface area (Å²) in [5.41, 5.74) is 0.127. The van der Waals surface area contributed by atoms with Gasteiger partial charge in [0.2, 0.25) is 0 Å². The Bertz CT molecular complexity index is 495. The first-order chi connectivity index (χ1) is 10.2. The second kappa shape index (κ2) is 7.79. The standard InChI is InChI=1S/C16H23NO5/c1-16(2,3)22-15(21)17-13(10-18)12(14(19)20)9-11-7-5-4-6-8-11/h4-8,12-13,18H,9-10H2,1-3H3,(H,17,21)(H,19,20)/t12-,13?/m1/s1. The lowest BCUT2D eigenvalue weighted by atomic mass is 9.92. The minimum absolute atomic E-state index is 0.206. The second-order valence-corrected chi connectivity index (χ2v) is 6.07. The van der Waals surface area contributed by atoms with E-state index in [2.05, 4.69) is 5.32 Å². The van der Waals surface area contributed by atoms with E-state index in [1.165, 1.54) is 0 Å². The number of aliphatic hydroxyl groups is 1. The van der Waals surface area contributed by atoms with E-state index in [0.717, 1.165) is 5.56 Å². The number of nitrogens with one attached hydrogen (secondary N) is 1. The molecule has 0 aromatic heterocycles. The predicted molar refractivity (Wildman–Crippen MR) is 81.5 cm³/mol. The third-order valence-electron chi connectivity index (χ3n) is 3.00. The number of aliphatic carboxylic acids is 1. The highest BCUT2D eigenvalue weighted by Gasteiger charge is 2.30. The molecule has 2 atom stereocenters. The van der Waals surface area contributed by atoms with Crippen molar-refractivity contribution in [3.63, 3.8) is 0 Å². The van der Waals surface area contributed by atoms with Gasteiger partial charge in [-0.2, -0.15) is 0 Å². The molecule has 1 unspecified atom stereocenters. The highest BCUT2D eigenvalue weighted by molar-refractivity contribution is 5.74. The maximum absolute atomic E-state index is 11.8. The Morgan fingerprint density at radius 2 is 1.82 bits per heavy atom. The first-order valence-electron chi connectivity index (χ1n) is 7.10. The van der Waals surface area contributed by atoms with Crippen LogP contribution in [-0.4, -0.2) is 40.5 Å². The number of rotatable bonds is 6. The Labute approximate surface area is 130 Å². The number of hydrogen-bond acceptors (Lipinski definition) is 4. The van der Waals surface area contributed by atoms with Crippen LogP contribution in [0, 0.1) is 5.92 Å². The predicted octanol–water partition coefficient (Wildman–Crippen LogP) is 1.82. The second-order valence-electron chi connectivity index (χ2n) is 6.07. The van der Waals surface area contributed by atoms with E-state index in [-0.39, 0.29) is 6.42 Å². The SMILES string of the molecule is CC(C)(C)OC(=O)NC(CO)[C@@H](Cc1ccccc1)C(=O)O. The molecule has 22 heavy (non-hydrogen) atoms. The Morgan fingerprint density at radius 3 is 2.27 bits per heavy atom. The van der Waals surface area contributed by atoms with Gasteiger partial charge in [-0.15, -0.1) is 0 Å². The molecular formula is C16H23NO5. The van der Waals surface area contributed by atoms with Crippen LogP contribution in [0.25, 0.3) is 0 Å². The number of carbonyl (C=O) groups excluding carboxylic acids is 1. The topological polar surface area (TPSA) is 95.9 Å². The number of benzene rings is 1. The van der Waals surface area contributed by atoms with Gasteiger partial charge in [0.1, 0.15) is 5.60 Å². The molecule has 0 radical (unpaired) electrons. The minimum Gasteiger partial charge on any atom is -0.481 e. The third-order valence-corrected chi connectivity index (χ3v) is 3.00. The largest absolute Gasteiger partial charge is 0.481 e. The molecule has 0 aliphatic rings. The van der Waals surface area contributed by atoms with Gasteiger partial charge >= 0.3 is 12.1 Å². The van der Waals surface area contributed by atoms with Crippen molar-refractivity contribution in [3.05, 3.63) is 35.9 Å². The highest BCUT2D eigenvalue weighted by atomic mass is 16.6. The first kappa shape index (κ1) is 18.0. The van der Waals surface area contributed by atoms with E-state index >= 15 is 0 Å². The van der Waals surface area contributed by atoms with Crippen molar-refractivity contribution in [1.82, 2.24) is 5.32 Å². The molecule has 6 heteroatoms. The lowest BCUT2D eigenvalue weighted by Crippen LogP contribution is -2.48. The molecule has 0 saturated carbocycles. The summed E-state index contributed by atoms with van der Waals surface area (Å²) < 4.78 is 5.10.